The Balaban J connectivity index is 1.59. The van der Waals surface area contributed by atoms with Crippen molar-refractivity contribution in [3.63, 3.8) is 0 Å². The topological polar surface area (TPSA) is 81.8 Å². The number of ether oxygens (including phenoxy) is 2. The summed E-state index contributed by atoms with van der Waals surface area (Å²) in [6.07, 6.45) is 0.929. The highest BCUT2D eigenvalue weighted by molar-refractivity contribution is 5.76. The first kappa shape index (κ1) is 27.2. The molecule has 35 heavy (non-hydrogen) atoms. The fourth-order valence-electron chi connectivity index (χ4n) is 4.29. The molecule has 2 atom stereocenters. The minimum atomic E-state index is -4.44. The lowest BCUT2D eigenvalue weighted by atomic mass is 9.82. The van der Waals surface area contributed by atoms with E-state index in [9.17, 15) is 23.1 Å². The molecule has 0 aliphatic heterocycles. The number of oxazole rings is 1. The number of hydrogen-bond donors (Lipinski definition) is 1. The molecule has 1 saturated carbocycles. The van der Waals surface area contributed by atoms with Crippen LogP contribution in [-0.2, 0) is 33.5 Å². The number of hydrogen-bond acceptors (Lipinski definition) is 5. The number of carboxylic acid groups (broad SMARTS) is 1. The highest BCUT2D eigenvalue weighted by atomic mass is 19.4. The van der Waals surface area contributed by atoms with Gasteiger partial charge in [-0.25, -0.2) is 9.78 Å². The zero-order valence-electron chi connectivity index (χ0n) is 20.5. The second kappa shape index (κ2) is 11.6. The Labute approximate surface area is 203 Å². The van der Waals surface area contributed by atoms with Crippen LogP contribution in [0.2, 0.25) is 0 Å². The SMILES string of the molecule is CCCc1oc(-c2cccc(C(F)(F)F)c2)nc1COC[C@@H]1CCC[C@H](COC(C)(C)C(=O)O)C1. The summed E-state index contributed by atoms with van der Waals surface area (Å²) in [5, 5.41) is 9.22. The van der Waals surface area contributed by atoms with Crippen LogP contribution in [0.5, 0.6) is 0 Å². The lowest BCUT2D eigenvalue weighted by Crippen LogP contribution is -2.37. The molecule has 0 amide bonds. The van der Waals surface area contributed by atoms with E-state index in [4.69, 9.17) is 13.9 Å². The number of rotatable bonds is 11. The van der Waals surface area contributed by atoms with E-state index in [0.29, 0.717) is 37.0 Å². The molecule has 1 fully saturated rings. The summed E-state index contributed by atoms with van der Waals surface area (Å²) in [4.78, 5) is 15.7. The smallest absolute Gasteiger partial charge is 0.416 e. The van der Waals surface area contributed by atoms with Crippen LogP contribution in [-0.4, -0.2) is 34.9 Å². The Bertz CT molecular complexity index is 986. The van der Waals surface area contributed by atoms with Gasteiger partial charge in [-0.15, -0.1) is 0 Å². The van der Waals surface area contributed by atoms with E-state index in [-0.39, 0.29) is 24.0 Å². The monoisotopic (exact) mass is 497 g/mol. The molecule has 0 unspecified atom stereocenters. The van der Waals surface area contributed by atoms with E-state index >= 15 is 0 Å². The lowest BCUT2D eigenvalue weighted by molar-refractivity contribution is -0.163. The van der Waals surface area contributed by atoms with Gasteiger partial charge in [0.2, 0.25) is 5.89 Å². The molecule has 3 rings (SSSR count). The molecule has 0 spiro atoms. The minimum absolute atomic E-state index is 0.161. The second-order valence-electron chi connectivity index (χ2n) is 9.76. The van der Waals surface area contributed by atoms with Gasteiger partial charge in [-0.05, 0) is 69.6 Å². The first-order valence-corrected chi connectivity index (χ1v) is 12.1. The van der Waals surface area contributed by atoms with Gasteiger partial charge in [0, 0.05) is 18.6 Å². The maximum absolute atomic E-state index is 13.1. The van der Waals surface area contributed by atoms with Crippen molar-refractivity contribution < 1.29 is 37.0 Å². The summed E-state index contributed by atoms with van der Waals surface area (Å²) < 4.78 is 56.7. The number of carboxylic acids is 1. The van der Waals surface area contributed by atoms with Crippen molar-refractivity contribution in [2.24, 2.45) is 11.8 Å². The van der Waals surface area contributed by atoms with Gasteiger partial charge in [0.15, 0.2) is 5.60 Å². The van der Waals surface area contributed by atoms with Crippen LogP contribution in [0.4, 0.5) is 13.2 Å². The van der Waals surface area contributed by atoms with Crippen molar-refractivity contribution in [1.82, 2.24) is 4.98 Å². The van der Waals surface area contributed by atoms with Gasteiger partial charge in [-0.2, -0.15) is 13.2 Å². The first-order chi connectivity index (χ1) is 16.5. The average Bonchev–Trinajstić information content (AvgIpc) is 3.20. The normalized spacial score (nSPS) is 19.1. The third-order valence-electron chi connectivity index (χ3n) is 6.37. The summed E-state index contributed by atoms with van der Waals surface area (Å²) in [5.74, 6) is 0.425. The quantitative estimate of drug-likeness (QED) is 0.381. The van der Waals surface area contributed by atoms with E-state index in [0.717, 1.165) is 44.2 Å². The third kappa shape index (κ3) is 7.54. The molecule has 1 N–H and O–H groups in total. The van der Waals surface area contributed by atoms with E-state index in [1.807, 2.05) is 6.92 Å². The molecular formula is C26H34F3NO5. The van der Waals surface area contributed by atoms with Crippen LogP contribution in [0.25, 0.3) is 11.5 Å². The fourth-order valence-corrected chi connectivity index (χ4v) is 4.29. The number of aryl methyl sites for hydroxylation is 1. The molecule has 6 nitrogen and oxygen atoms in total. The number of nitrogens with zero attached hydrogens (tertiary/aromatic N) is 1. The first-order valence-electron chi connectivity index (χ1n) is 12.1. The predicted octanol–water partition coefficient (Wildman–Crippen LogP) is 6.52. The van der Waals surface area contributed by atoms with Crippen LogP contribution in [0.15, 0.2) is 28.7 Å². The van der Waals surface area contributed by atoms with Crippen molar-refractivity contribution in [1.29, 1.82) is 0 Å². The van der Waals surface area contributed by atoms with E-state index < -0.39 is 23.3 Å². The molecule has 0 bridgehead atoms. The Morgan fingerprint density at radius 3 is 2.57 bits per heavy atom. The molecule has 2 aromatic rings. The van der Waals surface area contributed by atoms with Crippen molar-refractivity contribution in [2.75, 3.05) is 13.2 Å². The minimum Gasteiger partial charge on any atom is -0.479 e. The molecule has 1 heterocycles. The number of aromatic nitrogens is 1. The summed E-state index contributed by atoms with van der Waals surface area (Å²) in [6.45, 7) is 6.25. The van der Waals surface area contributed by atoms with E-state index in [1.54, 1.807) is 19.9 Å². The predicted molar refractivity (Wildman–Crippen MR) is 124 cm³/mol. The molecule has 194 valence electrons. The number of carbonyl (C=O) groups is 1. The highest BCUT2D eigenvalue weighted by Gasteiger charge is 2.32. The Kier molecular flexibility index (Phi) is 8.99. The number of benzene rings is 1. The van der Waals surface area contributed by atoms with Gasteiger partial charge < -0.3 is 19.0 Å². The average molecular weight is 498 g/mol. The Hall–Kier alpha value is -2.39. The molecule has 1 aliphatic carbocycles. The third-order valence-corrected chi connectivity index (χ3v) is 6.37. The van der Waals surface area contributed by atoms with Crippen molar-refractivity contribution in [3.8, 4) is 11.5 Å². The van der Waals surface area contributed by atoms with Gasteiger partial charge in [0.1, 0.15) is 11.5 Å². The Morgan fingerprint density at radius 2 is 1.91 bits per heavy atom. The maximum atomic E-state index is 13.1. The van der Waals surface area contributed by atoms with Crippen LogP contribution >= 0.6 is 0 Å². The van der Waals surface area contributed by atoms with Crippen molar-refractivity contribution >= 4 is 5.97 Å². The van der Waals surface area contributed by atoms with Gasteiger partial charge >= 0.3 is 12.1 Å². The van der Waals surface area contributed by atoms with Gasteiger partial charge in [-0.3, -0.25) is 0 Å². The van der Waals surface area contributed by atoms with E-state index in [1.165, 1.54) is 6.07 Å². The summed E-state index contributed by atoms with van der Waals surface area (Å²) in [6, 6.07) is 4.97. The van der Waals surface area contributed by atoms with Crippen LogP contribution in [0.1, 0.15) is 69.9 Å². The molecule has 0 radical (unpaired) electrons. The zero-order valence-corrected chi connectivity index (χ0v) is 20.5. The Morgan fingerprint density at radius 1 is 1.20 bits per heavy atom. The van der Waals surface area contributed by atoms with E-state index in [2.05, 4.69) is 4.98 Å². The molecular weight excluding hydrogens is 463 g/mol. The van der Waals surface area contributed by atoms with Crippen LogP contribution in [0.3, 0.4) is 0 Å². The highest BCUT2D eigenvalue weighted by Crippen LogP contribution is 2.33. The van der Waals surface area contributed by atoms with Crippen molar-refractivity contribution in [3.05, 3.63) is 41.3 Å². The van der Waals surface area contributed by atoms with Gasteiger partial charge in [-0.1, -0.05) is 19.4 Å². The summed E-state index contributed by atoms with van der Waals surface area (Å²) in [7, 11) is 0. The lowest BCUT2D eigenvalue weighted by Gasteiger charge is -2.31. The van der Waals surface area contributed by atoms with Crippen LogP contribution in [0, 0.1) is 11.8 Å². The summed E-state index contributed by atoms with van der Waals surface area (Å²) >= 11 is 0. The van der Waals surface area contributed by atoms with Crippen molar-refractivity contribution in [2.45, 2.75) is 77.7 Å². The molecule has 0 saturated heterocycles. The number of aliphatic carboxylic acids is 1. The zero-order chi connectivity index (χ0) is 25.6. The summed E-state index contributed by atoms with van der Waals surface area (Å²) in [5.41, 5.74) is -1.06. The fraction of sp³-hybridized carbons (Fsp3) is 0.615. The van der Waals surface area contributed by atoms with Gasteiger partial charge in [0.05, 0.1) is 18.8 Å². The number of halogens is 3. The molecule has 1 aromatic carbocycles. The number of alkyl halides is 3. The second-order valence-corrected chi connectivity index (χ2v) is 9.76. The maximum Gasteiger partial charge on any atom is 0.416 e. The standard InChI is InChI=1S/C26H34F3NO5/c1-4-7-22-21(30-23(35-22)19-10-6-11-20(13-19)26(27,28)29)16-33-14-17-8-5-9-18(12-17)15-34-25(2,3)24(31)32/h6,10-11,13,17-18H,4-5,7-9,12,14-16H2,1-3H3,(H,31,32)/t17-,18+/m1/s1. The molecule has 1 aromatic heterocycles. The van der Waals surface area contributed by atoms with Gasteiger partial charge in [0.25, 0.3) is 0 Å². The molecule has 1 aliphatic rings. The molecule has 9 heteroatoms. The van der Waals surface area contributed by atoms with Crippen LogP contribution < -0.4 is 0 Å². The largest absolute Gasteiger partial charge is 0.479 e.